The van der Waals surface area contributed by atoms with Crippen molar-refractivity contribution in [2.24, 2.45) is 0 Å². The second kappa shape index (κ2) is 8.26. The van der Waals surface area contributed by atoms with E-state index in [2.05, 4.69) is 4.72 Å². The third kappa shape index (κ3) is 3.58. The zero-order valence-corrected chi connectivity index (χ0v) is 16.8. The molecule has 0 spiro atoms. The molecule has 154 valence electrons. The van der Waals surface area contributed by atoms with E-state index in [1.807, 2.05) is 0 Å². The maximum atomic E-state index is 13.0. The minimum Gasteiger partial charge on any atom is -0.493 e. The largest absolute Gasteiger partial charge is 0.493 e. The summed E-state index contributed by atoms with van der Waals surface area (Å²) in [6, 6.07) is 10.6. The number of carbonyl (C=O) groups excluding carboxylic acids is 2. The van der Waals surface area contributed by atoms with Crippen molar-refractivity contribution >= 4 is 33.5 Å². The van der Waals surface area contributed by atoms with Gasteiger partial charge in [-0.3, -0.25) is 9.52 Å². The van der Waals surface area contributed by atoms with E-state index in [9.17, 15) is 23.3 Å². The van der Waals surface area contributed by atoms with Crippen LogP contribution >= 0.6 is 0 Å². The monoisotopic (exact) mass is 428 g/mol. The molecular formula is C20H16N2O7S. The first-order valence-electron chi connectivity index (χ1n) is 8.50. The average Bonchev–Trinajstić information content (AvgIpc) is 2.74. The van der Waals surface area contributed by atoms with Gasteiger partial charge in [0.1, 0.15) is 18.2 Å². The fourth-order valence-electron chi connectivity index (χ4n) is 3.03. The van der Waals surface area contributed by atoms with Crippen LogP contribution in [-0.2, 0) is 14.8 Å². The second-order valence-electron chi connectivity index (χ2n) is 6.03. The molecule has 2 aromatic carbocycles. The molecule has 0 aromatic heterocycles. The van der Waals surface area contributed by atoms with Gasteiger partial charge in [-0.1, -0.05) is 12.1 Å². The number of fused-ring (bicyclic) bond motifs is 1. The summed E-state index contributed by atoms with van der Waals surface area (Å²) in [7, 11) is -1.70. The minimum absolute atomic E-state index is 0.0150. The Morgan fingerprint density at radius 2 is 1.93 bits per heavy atom. The highest BCUT2D eigenvalue weighted by molar-refractivity contribution is 7.97. The molecule has 0 amide bonds. The third-order valence-corrected chi connectivity index (χ3v) is 5.76. The SMILES string of the molecule is COc1ccc2c(c1OC)C(=O)OC/C2=C(/C#N)S(=O)(=O)Nc1ccccc1C=O. The fraction of sp³-hybridized carbons (Fsp3) is 0.150. The lowest BCUT2D eigenvalue weighted by Crippen LogP contribution is -2.23. The summed E-state index contributed by atoms with van der Waals surface area (Å²) in [5, 5.41) is 9.64. The van der Waals surface area contributed by atoms with Crippen molar-refractivity contribution in [1.82, 2.24) is 0 Å². The quantitative estimate of drug-likeness (QED) is 0.421. The molecule has 0 aliphatic carbocycles. The zero-order valence-electron chi connectivity index (χ0n) is 16.0. The number of hydrogen-bond donors (Lipinski definition) is 1. The van der Waals surface area contributed by atoms with Gasteiger partial charge < -0.3 is 14.2 Å². The third-order valence-electron chi connectivity index (χ3n) is 4.40. The van der Waals surface area contributed by atoms with Crippen LogP contribution in [0.2, 0.25) is 0 Å². The number of rotatable bonds is 6. The molecule has 0 bridgehead atoms. The number of aldehydes is 1. The summed E-state index contributed by atoms with van der Waals surface area (Å²) in [5.41, 5.74) is 0.222. The Hall–Kier alpha value is -3.84. The normalized spacial score (nSPS) is 14.6. The Morgan fingerprint density at radius 3 is 2.57 bits per heavy atom. The van der Waals surface area contributed by atoms with Crippen molar-refractivity contribution in [3.8, 4) is 17.6 Å². The number of nitrogens with one attached hydrogen (secondary N) is 1. The van der Waals surface area contributed by atoms with Crippen LogP contribution < -0.4 is 14.2 Å². The Kier molecular flexibility index (Phi) is 5.75. The molecule has 3 rings (SSSR count). The Bertz CT molecular complexity index is 1210. The lowest BCUT2D eigenvalue weighted by Gasteiger charge is -2.23. The van der Waals surface area contributed by atoms with Gasteiger partial charge in [-0.15, -0.1) is 0 Å². The first-order valence-corrected chi connectivity index (χ1v) is 9.99. The van der Waals surface area contributed by atoms with Gasteiger partial charge in [0, 0.05) is 16.7 Å². The lowest BCUT2D eigenvalue weighted by molar-refractivity contribution is 0.0538. The van der Waals surface area contributed by atoms with Crippen LogP contribution in [0.15, 0.2) is 41.3 Å². The van der Waals surface area contributed by atoms with Crippen molar-refractivity contribution in [2.75, 3.05) is 25.5 Å². The molecule has 1 aliphatic rings. The number of carbonyl (C=O) groups is 2. The summed E-state index contributed by atoms with van der Waals surface area (Å²) < 4.78 is 43.7. The number of benzene rings is 2. The van der Waals surface area contributed by atoms with Crippen LogP contribution in [-0.4, -0.2) is 41.5 Å². The van der Waals surface area contributed by atoms with Crippen LogP contribution in [0.5, 0.6) is 11.5 Å². The van der Waals surface area contributed by atoms with E-state index >= 15 is 0 Å². The summed E-state index contributed by atoms with van der Waals surface area (Å²) in [6.45, 7) is -0.430. The van der Waals surface area contributed by atoms with Crippen molar-refractivity contribution in [1.29, 1.82) is 5.26 Å². The Morgan fingerprint density at radius 1 is 1.20 bits per heavy atom. The molecule has 1 aliphatic heterocycles. The van der Waals surface area contributed by atoms with Gasteiger partial charge in [0.05, 0.1) is 19.9 Å². The second-order valence-corrected chi connectivity index (χ2v) is 7.65. The number of esters is 1. The van der Waals surface area contributed by atoms with Crippen molar-refractivity contribution < 1.29 is 32.2 Å². The van der Waals surface area contributed by atoms with Crippen LogP contribution in [0, 0.1) is 11.3 Å². The highest BCUT2D eigenvalue weighted by atomic mass is 32.2. The number of nitrogens with zero attached hydrogens (tertiary/aromatic N) is 1. The standard InChI is InChI=1S/C20H16N2O7S/c1-27-16-8-7-13-14(11-29-20(24)18(13)19(16)28-2)17(9-21)30(25,26)22-15-6-4-3-5-12(15)10-23/h3-8,10,22H,11H2,1-2H3/b17-14+. The van der Waals surface area contributed by atoms with Gasteiger partial charge in [0.15, 0.2) is 22.7 Å². The summed E-state index contributed by atoms with van der Waals surface area (Å²) in [6.07, 6.45) is 0.492. The summed E-state index contributed by atoms with van der Waals surface area (Å²) >= 11 is 0. The number of hydrogen-bond acceptors (Lipinski definition) is 8. The number of methoxy groups -OCH3 is 2. The number of nitriles is 1. The zero-order chi connectivity index (χ0) is 21.9. The maximum Gasteiger partial charge on any atom is 0.343 e. The van der Waals surface area contributed by atoms with Gasteiger partial charge in [0.25, 0.3) is 10.0 Å². The molecule has 0 radical (unpaired) electrons. The number of anilines is 1. The molecule has 0 atom stereocenters. The highest BCUT2D eigenvalue weighted by Gasteiger charge is 2.34. The predicted molar refractivity (Wildman–Crippen MR) is 107 cm³/mol. The molecule has 0 unspecified atom stereocenters. The van der Waals surface area contributed by atoms with Crippen molar-refractivity contribution in [3.63, 3.8) is 0 Å². The van der Waals surface area contributed by atoms with E-state index in [-0.39, 0.29) is 39.4 Å². The molecule has 9 nitrogen and oxygen atoms in total. The number of para-hydroxylation sites is 1. The molecule has 1 heterocycles. The van der Waals surface area contributed by atoms with E-state index in [4.69, 9.17) is 14.2 Å². The van der Waals surface area contributed by atoms with Crippen LogP contribution in [0.25, 0.3) is 5.57 Å². The van der Waals surface area contributed by atoms with Crippen LogP contribution in [0.4, 0.5) is 5.69 Å². The molecule has 0 saturated heterocycles. The first kappa shape index (κ1) is 20.9. The van der Waals surface area contributed by atoms with E-state index < -0.39 is 27.5 Å². The molecular weight excluding hydrogens is 412 g/mol. The van der Waals surface area contributed by atoms with Crippen LogP contribution in [0.1, 0.15) is 26.3 Å². The Labute approximate surface area is 172 Å². The number of cyclic esters (lactones) is 1. The molecule has 2 aromatic rings. The molecule has 1 N–H and O–H groups in total. The molecule has 10 heteroatoms. The summed E-state index contributed by atoms with van der Waals surface area (Å²) in [5.74, 6) is -0.432. The van der Waals surface area contributed by atoms with E-state index in [1.54, 1.807) is 18.2 Å². The van der Waals surface area contributed by atoms with E-state index in [0.717, 1.165) is 0 Å². The van der Waals surface area contributed by atoms with Gasteiger partial charge in [-0.05, 0) is 24.3 Å². The smallest absolute Gasteiger partial charge is 0.343 e. The van der Waals surface area contributed by atoms with E-state index in [0.29, 0.717) is 6.29 Å². The first-order chi connectivity index (χ1) is 14.4. The Balaban J connectivity index is 2.20. The summed E-state index contributed by atoms with van der Waals surface area (Å²) in [4.78, 5) is 22.9. The topological polar surface area (TPSA) is 132 Å². The van der Waals surface area contributed by atoms with Crippen molar-refractivity contribution in [3.05, 3.63) is 58.0 Å². The highest BCUT2D eigenvalue weighted by Crippen LogP contribution is 2.40. The average molecular weight is 428 g/mol. The molecule has 30 heavy (non-hydrogen) atoms. The van der Waals surface area contributed by atoms with Gasteiger partial charge in [-0.2, -0.15) is 5.26 Å². The maximum absolute atomic E-state index is 13.0. The number of allylic oxidation sites excluding steroid dienone is 1. The molecule has 0 fully saturated rings. The van der Waals surface area contributed by atoms with Crippen molar-refractivity contribution in [2.45, 2.75) is 0 Å². The van der Waals surface area contributed by atoms with Gasteiger partial charge >= 0.3 is 5.97 Å². The minimum atomic E-state index is -4.41. The predicted octanol–water partition coefficient (Wildman–Crippen LogP) is 2.36. The van der Waals surface area contributed by atoms with Gasteiger partial charge in [0.2, 0.25) is 0 Å². The van der Waals surface area contributed by atoms with Gasteiger partial charge in [-0.25, -0.2) is 13.2 Å². The lowest BCUT2D eigenvalue weighted by atomic mass is 9.96. The van der Waals surface area contributed by atoms with Crippen LogP contribution in [0.3, 0.4) is 0 Å². The fourth-order valence-corrected chi connectivity index (χ4v) is 4.23. The van der Waals surface area contributed by atoms with E-state index in [1.165, 1.54) is 38.5 Å². The number of sulfonamides is 1. The molecule has 0 saturated carbocycles. The number of ether oxygens (including phenoxy) is 3.